The van der Waals surface area contributed by atoms with Crippen molar-refractivity contribution in [3.05, 3.63) is 40.5 Å². The molecule has 0 spiro atoms. The lowest BCUT2D eigenvalue weighted by Crippen LogP contribution is -1.99. The molecule has 1 aromatic heterocycles. The fourth-order valence-electron chi connectivity index (χ4n) is 1.81. The third kappa shape index (κ3) is 2.59. The van der Waals surface area contributed by atoms with Crippen LogP contribution >= 0.6 is 11.3 Å². The Bertz CT molecular complexity index is 575. The number of aryl methyl sites for hydroxylation is 2. The van der Waals surface area contributed by atoms with Crippen molar-refractivity contribution < 1.29 is 9.90 Å². The molecule has 4 heteroatoms. The van der Waals surface area contributed by atoms with E-state index in [0.29, 0.717) is 0 Å². The molecule has 0 amide bonds. The SMILES string of the molecule is CCCc1nc(C(=O)O)c(-c2cccc(C)c2)s1. The molecular formula is C14H15NO2S. The van der Waals surface area contributed by atoms with E-state index in [1.807, 2.05) is 31.2 Å². The van der Waals surface area contributed by atoms with E-state index >= 15 is 0 Å². The Labute approximate surface area is 110 Å². The molecule has 0 bridgehead atoms. The first-order valence-electron chi connectivity index (χ1n) is 5.92. The largest absolute Gasteiger partial charge is 0.476 e. The van der Waals surface area contributed by atoms with Gasteiger partial charge in [0.25, 0.3) is 0 Å². The number of benzene rings is 1. The quantitative estimate of drug-likeness (QED) is 0.911. The number of carbonyl (C=O) groups is 1. The summed E-state index contributed by atoms with van der Waals surface area (Å²) in [4.78, 5) is 16.2. The Balaban J connectivity index is 2.51. The number of hydrogen-bond acceptors (Lipinski definition) is 3. The Morgan fingerprint density at radius 2 is 2.22 bits per heavy atom. The number of carboxylic acid groups (broad SMARTS) is 1. The summed E-state index contributed by atoms with van der Waals surface area (Å²) in [6, 6.07) is 7.87. The lowest BCUT2D eigenvalue weighted by atomic mass is 10.1. The molecule has 0 unspecified atom stereocenters. The van der Waals surface area contributed by atoms with Gasteiger partial charge < -0.3 is 5.11 Å². The van der Waals surface area contributed by atoms with E-state index in [4.69, 9.17) is 0 Å². The maximum atomic E-state index is 11.2. The van der Waals surface area contributed by atoms with Crippen LogP contribution in [0.25, 0.3) is 10.4 Å². The molecule has 0 aliphatic heterocycles. The van der Waals surface area contributed by atoms with Gasteiger partial charge in [0.05, 0.1) is 9.88 Å². The predicted molar refractivity (Wildman–Crippen MR) is 73.2 cm³/mol. The first-order chi connectivity index (χ1) is 8.61. The summed E-state index contributed by atoms with van der Waals surface area (Å²) < 4.78 is 0. The first kappa shape index (κ1) is 12.8. The highest BCUT2D eigenvalue weighted by Crippen LogP contribution is 2.31. The summed E-state index contributed by atoms with van der Waals surface area (Å²) >= 11 is 1.48. The Hall–Kier alpha value is -1.68. The van der Waals surface area contributed by atoms with Crippen molar-refractivity contribution in [2.45, 2.75) is 26.7 Å². The average Bonchev–Trinajstić information content (AvgIpc) is 2.74. The number of rotatable bonds is 4. The highest BCUT2D eigenvalue weighted by molar-refractivity contribution is 7.15. The van der Waals surface area contributed by atoms with E-state index in [2.05, 4.69) is 11.9 Å². The van der Waals surface area contributed by atoms with Gasteiger partial charge in [-0.1, -0.05) is 36.8 Å². The maximum absolute atomic E-state index is 11.2. The van der Waals surface area contributed by atoms with Crippen molar-refractivity contribution in [3.8, 4) is 10.4 Å². The smallest absolute Gasteiger partial charge is 0.356 e. The summed E-state index contributed by atoms with van der Waals surface area (Å²) in [6.07, 6.45) is 1.80. The van der Waals surface area contributed by atoms with Crippen LogP contribution in [0.15, 0.2) is 24.3 Å². The minimum Gasteiger partial charge on any atom is -0.476 e. The van der Waals surface area contributed by atoms with E-state index in [-0.39, 0.29) is 5.69 Å². The second-order valence-electron chi connectivity index (χ2n) is 4.21. The maximum Gasteiger partial charge on any atom is 0.356 e. The van der Waals surface area contributed by atoms with Crippen LogP contribution in [0.3, 0.4) is 0 Å². The Kier molecular flexibility index (Phi) is 3.77. The molecule has 2 rings (SSSR count). The Morgan fingerprint density at radius 1 is 1.44 bits per heavy atom. The van der Waals surface area contributed by atoms with Crippen LogP contribution in [0.1, 0.15) is 34.4 Å². The molecule has 0 saturated heterocycles. The van der Waals surface area contributed by atoms with Gasteiger partial charge in [-0.2, -0.15) is 0 Å². The van der Waals surface area contributed by atoms with Crippen LogP contribution in [-0.2, 0) is 6.42 Å². The van der Waals surface area contributed by atoms with Crippen LogP contribution < -0.4 is 0 Å². The fraction of sp³-hybridized carbons (Fsp3) is 0.286. The predicted octanol–water partition coefficient (Wildman–Crippen LogP) is 3.77. The summed E-state index contributed by atoms with van der Waals surface area (Å²) in [5, 5.41) is 10.1. The minimum absolute atomic E-state index is 0.175. The van der Waals surface area contributed by atoms with Crippen LogP contribution in [-0.4, -0.2) is 16.1 Å². The Morgan fingerprint density at radius 3 is 2.83 bits per heavy atom. The van der Waals surface area contributed by atoms with Crippen molar-refractivity contribution >= 4 is 17.3 Å². The number of hydrogen-bond donors (Lipinski definition) is 1. The van der Waals surface area contributed by atoms with Crippen LogP contribution in [0.5, 0.6) is 0 Å². The topological polar surface area (TPSA) is 50.2 Å². The standard InChI is InChI=1S/C14H15NO2S/c1-3-5-11-15-12(14(16)17)13(18-11)10-7-4-6-9(2)8-10/h4,6-8H,3,5H2,1-2H3,(H,16,17). The molecular weight excluding hydrogens is 246 g/mol. The molecule has 0 atom stereocenters. The van der Waals surface area contributed by atoms with Crippen LogP contribution in [0.4, 0.5) is 0 Å². The third-order valence-corrected chi connectivity index (χ3v) is 3.78. The average molecular weight is 261 g/mol. The van der Waals surface area contributed by atoms with E-state index < -0.39 is 5.97 Å². The van der Waals surface area contributed by atoms with Crippen molar-refractivity contribution in [1.82, 2.24) is 4.98 Å². The second kappa shape index (κ2) is 5.31. The molecule has 1 aromatic carbocycles. The van der Waals surface area contributed by atoms with E-state index in [0.717, 1.165) is 33.9 Å². The zero-order chi connectivity index (χ0) is 13.1. The minimum atomic E-state index is -0.954. The van der Waals surface area contributed by atoms with Crippen LogP contribution in [0.2, 0.25) is 0 Å². The highest BCUT2D eigenvalue weighted by atomic mass is 32.1. The molecule has 0 aliphatic carbocycles. The number of aromatic nitrogens is 1. The zero-order valence-electron chi connectivity index (χ0n) is 10.4. The van der Waals surface area contributed by atoms with E-state index in [1.165, 1.54) is 11.3 Å². The van der Waals surface area contributed by atoms with Gasteiger partial charge in [-0.25, -0.2) is 9.78 Å². The van der Waals surface area contributed by atoms with E-state index in [1.54, 1.807) is 0 Å². The second-order valence-corrected chi connectivity index (χ2v) is 5.29. The molecule has 0 radical (unpaired) electrons. The van der Waals surface area contributed by atoms with Crippen molar-refractivity contribution in [1.29, 1.82) is 0 Å². The molecule has 0 aliphatic rings. The molecule has 1 heterocycles. The number of nitrogens with zero attached hydrogens (tertiary/aromatic N) is 1. The number of aromatic carboxylic acids is 1. The molecule has 1 N–H and O–H groups in total. The van der Waals surface area contributed by atoms with Gasteiger partial charge in [0, 0.05) is 0 Å². The molecule has 18 heavy (non-hydrogen) atoms. The molecule has 94 valence electrons. The zero-order valence-corrected chi connectivity index (χ0v) is 11.3. The monoisotopic (exact) mass is 261 g/mol. The normalized spacial score (nSPS) is 10.6. The molecule has 3 nitrogen and oxygen atoms in total. The number of carboxylic acids is 1. The first-order valence-corrected chi connectivity index (χ1v) is 6.73. The van der Waals surface area contributed by atoms with Gasteiger partial charge in [-0.3, -0.25) is 0 Å². The lowest BCUT2D eigenvalue weighted by molar-refractivity contribution is 0.0692. The van der Waals surface area contributed by atoms with Gasteiger partial charge in [-0.05, 0) is 25.3 Å². The van der Waals surface area contributed by atoms with Gasteiger partial charge in [-0.15, -0.1) is 11.3 Å². The summed E-state index contributed by atoms with van der Waals surface area (Å²) in [7, 11) is 0. The van der Waals surface area contributed by atoms with Crippen LogP contribution in [0, 0.1) is 6.92 Å². The molecule has 2 aromatic rings. The van der Waals surface area contributed by atoms with Gasteiger partial charge >= 0.3 is 5.97 Å². The van der Waals surface area contributed by atoms with Gasteiger partial charge in [0.15, 0.2) is 5.69 Å². The van der Waals surface area contributed by atoms with Crippen molar-refractivity contribution in [2.75, 3.05) is 0 Å². The number of thiazole rings is 1. The van der Waals surface area contributed by atoms with Crippen molar-refractivity contribution in [3.63, 3.8) is 0 Å². The fourth-order valence-corrected chi connectivity index (χ4v) is 2.97. The summed E-state index contributed by atoms with van der Waals surface area (Å²) in [5.74, 6) is -0.954. The van der Waals surface area contributed by atoms with Gasteiger partial charge in [0.1, 0.15) is 0 Å². The lowest BCUT2D eigenvalue weighted by Gasteiger charge is -2.00. The third-order valence-electron chi connectivity index (χ3n) is 2.62. The summed E-state index contributed by atoms with van der Waals surface area (Å²) in [5.41, 5.74) is 2.23. The van der Waals surface area contributed by atoms with Gasteiger partial charge in [0.2, 0.25) is 0 Å². The van der Waals surface area contributed by atoms with Crippen molar-refractivity contribution in [2.24, 2.45) is 0 Å². The van der Waals surface area contributed by atoms with E-state index in [9.17, 15) is 9.90 Å². The highest BCUT2D eigenvalue weighted by Gasteiger charge is 2.18. The molecule has 0 fully saturated rings. The summed E-state index contributed by atoms with van der Waals surface area (Å²) in [6.45, 7) is 4.06. The molecule has 0 saturated carbocycles.